The first kappa shape index (κ1) is 12.3. The molecule has 0 saturated carbocycles. The summed E-state index contributed by atoms with van der Waals surface area (Å²) < 4.78 is 5.48. The van der Waals surface area contributed by atoms with Gasteiger partial charge in [-0.1, -0.05) is 17.7 Å². The third-order valence-electron chi connectivity index (χ3n) is 2.22. The fraction of sp³-hybridized carbons (Fsp3) is 0.455. The number of ether oxygens (including phenoxy) is 1. The second-order valence-corrected chi connectivity index (χ2v) is 3.94. The Morgan fingerprint density at radius 2 is 2.13 bits per heavy atom. The molecule has 1 aromatic rings. The lowest BCUT2D eigenvalue weighted by Gasteiger charge is -2.18. The van der Waals surface area contributed by atoms with Gasteiger partial charge in [0.05, 0.1) is 11.1 Å². The monoisotopic (exact) mass is 229 g/mol. The van der Waals surface area contributed by atoms with Gasteiger partial charge in [0.2, 0.25) is 0 Å². The highest BCUT2D eigenvalue weighted by molar-refractivity contribution is 6.32. The van der Waals surface area contributed by atoms with Crippen molar-refractivity contribution in [3.63, 3.8) is 0 Å². The van der Waals surface area contributed by atoms with Gasteiger partial charge in [-0.15, -0.1) is 0 Å². The number of hydrogen-bond acceptors (Lipinski definition) is 3. The summed E-state index contributed by atoms with van der Waals surface area (Å²) in [5.74, 6) is 0.572. The molecule has 1 aromatic carbocycles. The molecule has 3 N–H and O–H groups in total. The molecule has 3 nitrogen and oxygen atoms in total. The summed E-state index contributed by atoms with van der Waals surface area (Å²) in [5, 5.41) is 9.80. The number of hydrogen-bond donors (Lipinski definition) is 2. The first-order valence-electron chi connectivity index (χ1n) is 4.87. The second-order valence-electron chi connectivity index (χ2n) is 3.53. The van der Waals surface area contributed by atoms with Crippen LogP contribution < -0.4 is 10.5 Å². The van der Waals surface area contributed by atoms with Crippen LogP contribution in [0.4, 0.5) is 0 Å². The van der Waals surface area contributed by atoms with E-state index in [2.05, 4.69) is 0 Å². The molecule has 0 heterocycles. The summed E-state index contributed by atoms with van der Waals surface area (Å²) in [6.45, 7) is 3.91. The maximum absolute atomic E-state index is 9.29. The molecule has 0 aliphatic carbocycles. The van der Waals surface area contributed by atoms with Crippen molar-refractivity contribution in [2.45, 2.75) is 32.6 Å². The highest BCUT2D eigenvalue weighted by Crippen LogP contribution is 2.26. The highest BCUT2D eigenvalue weighted by atomic mass is 35.5. The lowest BCUT2D eigenvalue weighted by Crippen LogP contribution is -2.25. The van der Waals surface area contributed by atoms with Crippen LogP contribution in [0.5, 0.6) is 5.75 Å². The van der Waals surface area contributed by atoms with E-state index in [1.807, 2.05) is 6.07 Å². The largest absolute Gasteiger partial charge is 0.486 e. The summed E-state index contributed by atoms with van der Waals surface area (Å²) in [5.41, 5.74) is 6.43. The molecule has 84 valence electrons. The van der Waals surface area contributed by atoms with Crippen LogP contribution in [-0.2, 0) is 6.54 Å². The molecule has 15 heavy (non-hydrogen) atoms. The Morgan fingerprint density at radius 3 is 2.60 bits per heavy atom. The molecule has 0 bridgehead atoms. The maximum atomic E-state index is 9.29. The highest BCUT2D eigenvalue weighted by Gasteiger charge is 2.12. The molecule has 0 fully saturated rings. The zero-order chi connectivity index (χ0) is 11.4. The minimum Gasteiger partial charge on any atom is -0.486 e. The van der Waals surface area contributed by atoms with Crippen LogP contribution in [0.25, 0.3) is 0 Å². The van der Waals surface area contributed by atoms with Crippen molar-refractivity contribution >= 4 is 11.6 Å². The van der Waals surface area contributed by atoms with E-state index < -0.39 is 6.10 Å². The van der Waals surface area contributed by atoms with Gasteiger partial charge >= 0.3 is 0 Å². The van der Waals surface area contributed by atoms with Crippen LogP contribution in [0.2, 0.25) is 5.02 Å². The molecular formula is C11H16ClNO2. The van der Waals surface area contributed by atoms with Gasteiger partial charge in [-0.25, -0.2) is 0 Å². The van der Waals surface area contributed by atoms with E-state index in [0.29, 0.717) is 17.3 Å². The van der Waals surface area contributed by atoms with E-state index in [1.165, 1.54) is 0 Å². The first-order chi connectivity index (χ1) is 7.04. The van der Waals surface area contributed by atoms with Crippen LogP contribution in [0.15, 0.2) is 18.2 Å². The third-order valence-corrected chi connectivity index (χ3v) is 2.52. The molecule has 2 atom stereocenters. The summed E-state index contributed by atoms with van der Waals surface area (Å²) in [4.78, 5) is 0. The topological polar surface area (TPSA) is 55.5 Å². The van der Waals surface area contributed by atoms with Crippen molar-refractivity contribution in [2.75, 3.05) is 0 Å². The molecule has 0 aliphatic heterocycles. The van der Waals surface area contributed by atoms with E-state index in [4.69, 9.17) is 22.1 Å². The standard InChI is InChI=1S/C11H16ClNO2/c1-7(14)8(2)15-11-4-3-9(6-13)5-10(11)12/h3-5,7-8,14H,6,13H2,1-2H3. The predicted molar refractivity (Wildman–Crippen MR) is 61.1 cm³/mol. The van der Waals surface area contributed by atoms with E-state index in [9.17, 15) is 5.11 Å². The van der Waals surface area contributed by atoms with Gasteiger partial charge in [0.15, 0.2) is 0 Å². The normalized spacial score (nSPS) is 14.7. The molecular weight excluding hydrogens is 214 g/mol. The predicted octanol–water partition coefficient (Wildman–Crippen LogP) is 1.95. The fourth-order valence-corrected chi connectivity index (χ4v) is 1.31. The van der Waals surface area contributed by atoms with Gasteiger partial charge in [-0.2, -0.15) is 0 Å². The summed E-state index contributed by atoms with van der Waals surface area (Å²) in [7, 11) is 0. The summed E-state index contributed by atoms with van der Waals surface area (Å²) in [6, 6.07) is 5.39. The Hall–Kier alpha value is -0.770. The number of halogens is 1. The Balaban J connectivity index is 2.78. The molecule has 0 amide bonds. The van der Waals surface area contributed by atoms with Crippen LogP contribution in [0.3, 0.4) is 0 Å². The molecule has 0 spiro atoms. The van der Waals surface area contributed by atoms with Crippen molar-refractivity contribution in [2.24, 2.45) is 5.73 Å². The van der Waals surface area contributed by atoms with Gasteiger partial charge in [0, 0.05) is 6.54 Å². The number of rotatable bonds is 4. The number of nitrogens with two attached hydrogens (primary N) is 1. The van der Waals surface area contributed by atoms with Crippen molar-refractivity contribution in [1.29, 1.82) is 0 Å². The molecule has 4 heteroatoms. The lowest BCUT2D eigenvalue weighted by molar-refractivity contribution is 0.0605. The third kappa shape index (κ3) is 3.38. The molecule has 2 unspecified atom stereocenters. The zero-order valence-electron chi connectivity index (χ0n) is 8.90. The van der Waals surface area contributed by atoms with Crippen LogP contribution in [0.1, 0.15) is 19.4 Å². The van der Waals surface area contributed by atoms with Gasteiger partial charge in [-0.05, 0) is 31.5 Å². The van der Waals surface area contributed by atoms with Crippen molar-refractivity contribution in [3.05, 3.63) is 28.8 Å². The van der Waals surface area contributed by atoms with Crippen molar-refractivity contribution in [3.8, 4) is 5.75 Å². The summed E-state index contributed by atoms with van der Waals surface area (Å²) in [6.07, 6.45) is -0.818. The van der Waals surface area contributed by atoms with Gasteiger partial charge in [0.1, 0.15) is 11.9 Å². The van der Waals surface area contributed by atoms with E-state index in [1.54, 1.807) is 26.0 Å². The van der Waals surface area contributed by atoms with E-state index in [0.717, 1.165) is 5.56 Å². The quantitative estimate of drug-likeness (QED) is 0.830. The van der Waals surface area contributed by atoms with Crippen molar-refractivity contribution < 1.29 is 9.84 Å². The fourth-order valence-electron chi connectivity index (χ4n) is 1.07. The average molecular weight is 230 g/mol. The Labute approximate surface area is 94.8 Å². The molecule has 1 rings (SSSR count). The lowest BCUT2D eigenvalue weighted by atomic mass is 10.2. The number of aliphatic hydroxyl groups excluding tert-OH is 1. The second kappa shape index (κ2) is 5.35. The van der Waals surface area contributed by atoms with E-state index in [-0.39, 0.29) is 6.10 Å². The number of aliphatic hydroxyl groups is 1. The number of benzene rings is 1. The maximum Gasteiger partial charge on any atom is 0.138 e. The Bertz CT molecular complexity index is 328. The minimum atomic E-state index is -0.532. The first-order valence-corrected chi connectivity index (χ1v) is 5.25. The SMILES string of the molecule is CC(O)C(C)Oc1ccc(CN)cc1Cl. The Morgan fingerprint density at radius 1 is 1.47 bits per heavy atom. The van der Waals surface area contributed by atoms with Gasteiger partial charge in [-0.3, -0.25) is 0 Å². The molecule has 0 aliphatic rings. The van der Waals surface area contributed by atoms with Crippen molar-refractivity contribution in [1.82, 2.24) is 0 Å². The van der Waals surface area contributed by atoms with Gasteiger partial charge < -0.3 is 15.6 Å². The molecule has 0 radical (unpaired) electrons. The van der Waals surface area contributed by atoms with Gasteiger partial charge in [0.25, 0.3) is 0 Å². The smallest absolute Gasteiger partial charge is 0.138 e. The summed E-state index contributed by atoms with van der Waals surface area (Å²) >= 11 is 5.99. The average Bonchev–Trinajstić information content (AvgIpc) is 2.20. The molecule has 0 aromatic heterocycles. The Kier molecular flexibility index (Phi) is 4.39. The zero-order valence-corrected chi connectivity index (χ0v) is 9.66. The van der Waals surface area contributed by atoms with Crippen LogP contribution in [-0.4, -0.2) is 17.3 Å². The van der Waals surface area contributed by atoms with Crippen LogP contribution in [0, 0.1) is 0 Å². The molecule has 0 saturated heterocycles. The minimum absolute atomic E-state index is 0.286. The van der Waals surface area contributed by atoms with Crippen LogP contribution >= 0.6 is 11.6 Å². The van der Waals surface area contributed by atoms with E-state index >= 15 is 0 Å².